The van der Waals surface area contributed by atoms with Crippen LogP contribution in [0, 0.1) is 5.92 Å². The maximum Gasteiger partial charge on any atom is 0.306 e. The Morgan fingerprint density at radius 1 is 1.38 bits per heavy atom. The number of carbonyl (C=O) groups excluding carboxylic acids is 2. The van der Waals surface area contributed by atoms with Crippen molar-refractivity contribution in [2.75, 3.05) is 16.8 Å². The molecule has 24 heavy (non-hydrogen) atoms. The molecule has 1 aliphatic heterocycles. The minimum Gasteiger partial charge on any atom is -0.453 e. The van der Waals surface area contributed by atoms with Gasteiger partial charge >= 0.3 is 5.97 Å². The van der Waals surface area contributed by atoms with Gasteiger partial charge in [-0.15, -0.1) is 0 Å². The number of hydrogen-bond acceptors (Lipinski definition) is 5. The van der Waals surface area contributed by atoms with Crippen molar-refractivity contribution in [2.24, 2.45) is 5.92 Å². The molecule has 1 aromatic carbocycles. The fourth-order valence-corrected chi connectivity index (χ4v) is 4.71. The number of ether oxygens (including phenoxy) is 1. The fraction of sp³-hybridized carbons (Fsp3) is 0.467. The number of rotatable bonds is 5. The summed E-state index contributed by atoms with van der Waals surface area (Å²) in [7, 11) is -3.05. The molecular weight excluding hydrogens is 377 g/mol. The largest absolute Gasteiger partial charge is 0.453 e. The van der Waals surface area contributed by atoms with E-state index < -0.39 is 27.8 Å². The molecule has 2 rings (SSSR count). The van der Waals surface area contributed by atoms with Crippen LogP contribution in [0.25, 0.3) is 0 Å². The third-order valence-electron chi connectivity index (χ3n) is 3.65. The van der Waals surface area contributed by atoms with E-state index in [9.17, 15) is 18.0 Å². The fourth-order valence-electron chi connectivity index (χ4n) is 2.39. The topological polar surface area (TPSA) is 89.5 Å². The van der Waals surface area contributed by atoms with Crippen LogP contribution in [0.5, 0.6) is 0 Å². The normalized spacial score (nSPS) is 20.4. The molecule has 1 fully saturated rings. The van der Waals surface area contributed by atoms with Gasteiger partial charge in [0.15, 0.2) is 15.9 Å². The second-order valence-corrected chi connectivity index (χ2v) is 8.79. The first-order chi connectivity index (χ1) is 11.2. The smallest absolute Gasteiger partial charge is 0.306 e. The predicted octanol–water partition coefficient (Wildman–Crippen LogP) is 2.69. The van der Waals surface area contributed by atoms with Gasteiger partial charge < -0.3 is 10.1 Å². The van der Waals surface area contributed by atoms with Crippen molar-refractivity contribution in [3.8, 4) is 0 Å². The first-order valence-electron chi connectivity index (χ1n) is 7.32. The van der Waals surface area contributed by atoms with E-state index in [1.807, 2.05) is 0 Å². The number of halogens is 2. The molecule has 0 spiro atoms. The second kappa shape index (κ2) is 7.72. The number of amides is 1. The lowest BCUT2D eigenvalue weighted by Gasteiger charge is -2.15. The summed E-state index contributed by atoms with van der Waals surface area (Å²) >= 11 is 11.7. The van der Waals surface area contributed by atoms with E-state index in [-0.39, 0.29) is 28.9 Å². The van der Waals surface area contributed by atoms with Crippen molar-refractivity contribution in [1.82, 2.24) is 0 Å². The molecule has 0 unspecified atom stereocenters. The van der Waals surface area contributed by atoms with Crippen molar-refractivity contribution >= 4 is 50.6 Å². The molecular formula is C15H17Cl2NO5S. The summed E-state index contributed by atoms with van der Waals surface area (Å²) in [6.07, 6.45) is -0.598. The lowest BCUT2D eigenvalue weighted by Crippen LogP contribution is -2.30. The van der Waals surface area contributed by atoms with Gasteiger partial charge in [0.2, 0.25) is 0 Å². The van der Waals surface area contributed by atoms with Gasteiger partial charge in [0, 0.05) is 11.4 Å². The minimum atomic E-state index is -3.05. The highest BCUT2D eigenvalue weighted by molar-refractivity contribution is 7.91. The van der Waals surface area contributed by atoms with Crippen LogP contribution in [0.15, 0.2) is 18.2 Å². The maximum absolute atomic E-state index is 12.0. The highest BCUT2D eigenvalue weighted by atomic mass is 35.5. The molecule has 0 aliphatic carbocycles. The first-order valence-corrected chi connectivity index (χ1v) is 9.90. The number of nitrogens with one attached hydrogen (secondary N) is 1. The molecule has 1 saturated heterocycles. The lowest BCUT2D eigenvalue weighted by molar-refractivity contribution is -0.153. The average Bonchev–Trinajstić information content (AvgIpc) is 2.80. The number of esters is 1. The zero-order valence-electron chi connectivity index (χ0n) is 12.9. The number of anilines is 1. The predicted molar refractivity (Wildman–Crippen MR) is 92.0 cm³/mol. The zero-order valence-corrected chi connectivity index (χ0v) is 15.2. The van der Waals surface area contributed by atoms with E-state index in [0.717, 1.165) is 0 Å². The summed E-state index contributed by atoms with van der Waals surface area (Å²) in [5.41, 5.74) is 0.357. The molecule has 1 aliphatic rings. The van der Waals surface area contributed by atoms with Gasteiger partial charge in [-0.25, -0.2) is 8.42 Å². The van der Waals surface area contributed by atoms with Crippen LogP contribution in [0.4, 0.5) is 5.69 Å². The summed E-state index contributed by atoms with van der Waals surface area (Å²) in [6, 6.07) is 4.59. The molecule has 132 valence electrons. The Balaban J connectivity index is 1.86. The van der Waals surface area contributed by atoms with Gasteiger partial charge in [0.25, 0.3) is 5.91 Å². The first kappa shape index (κ1) is 19.0. The molecule has 9 heteroatoms. The van der Waals surface area contributed by atoms with Crippen LogP contribution in [-0.4, -0.2) is 37.9 Å². The number of benzene rings is 1. The van der Waals surface area contributed by atoms with Gasteiger partial charge in [-0.3, -0.25) is 9.59 Å². The highest BCUT2D eigenvalue weighted by Gasteiger charge is 2.30. The summed E-state index contributed by atoms with van der Waals surface area (Å²) in [5.74, 6) is -1.30. The average molecular weight is 394 g/mol. The summed E-state index contributed by atoms with van der Waals surface area (Å²) in [5, 5.41) is 3.25. The van der Waals surface area contributed by atoms with Gasteiger partial charge in [0.1, 0.15) is 0 Å². The summed E-state index contributed by atoms with van der Waals surface area (Å²) < 4.78 is 27.8. The van der Waals surface area contributed by atoms with Gasteiger partial charge in [0.05, 0.1) is 22.2 Å². The molecule has 1 aromatic rings. The number of carbonyl (C=O) groups is 2. The molecule has 1 amide bonds. The molecule has 0 aromatic heterocycles. The Morgan fingerprint density at radius 2 is 2.08 bits per heavy atom. The van der Waals surface area contributed by atoms with Crippen LogP contribution >= 0.6 is 23.2 Å². The van der Waals surface area contributed by atoms with Crippen LogP contribution < -0.4 is 5.32 Å². The summed E-state index contributed by atoms with van der Waals surface area (Å²) in [4.78, 5) is 23.9. The Bertz CT molecular complexity index is 750. The lowest BCUT2D eigenvalue weighted by atomic mass is 10.1. The van der Waals surface area contributed by atoms with Crippen molar-refractivity contribution in [3.63, 3.8) is 0 Å². The van der Waals surface area contributed by atoms with E-state index >= 15 is 0 Å². The van der Waals surface area contributed by atoms with Crippen LogP contribution in [0.2, 0.25) is 10.0 Å². The van der Waals surface area contributed by atoms with Crippen LogP contribution in [0.1, 0.15) is 19.8 Å². The number of sulfone groups is 1. The molecule has 1 heterocycles. The molecule has 6 nitrogen and oxygen atoms in total. The SMILES string of the molecule is C[C@H](OC(=O)C[C@@H]1CCS(=O)(=O)C1)C(=O)Nc1ccc(Cl)cc1Cl. The Kier molecular flexibility index (Phi) is 6.11. The van der Waals surface area contributed by atoms with Crippen molar-refractivity contribution in [3.05, 3.63) is 28.2 Å². The van der Waals surface area contributed by atoms with Gasteiger partial charge in [-0.2, -0.15) is 0 Å². The van der Waals surface area contributed by atoms with Crippen molar-refractivity contribution in [1.29, 1.82) is 0 Å². The van der Waals surface area contributed by atoms with Crippen molar-refractivity contribution in [2.45, 2.75) is 25.9 Å². The number of hydrogen-bond donors (Lipinski definition) is 1. The molecule has 0 bridgehead atoms. The van der Waals surface area contributed by atoms with Crippen molar-refractivity contribution < 1.29 is 22.7 Å². The van der Waals surface area contributed by atoms with Crippen LogP contribution in [-0.2, 0) is 24.2 Å². The third kappa shape index (κ3) is 5.36. The van der Waals surface area contributed by atoms with E-state index in [0.29, 0.717) is 17.1 Å². The summed E-state index contributed by atoms with van der Waals surface area (Å²) in [6.45, 7) is 1.43. The Morgan fingerprint density at radius 3 is 2.67 bits per heavy atom. The van der Waals surface area contributed by atoms with E-state index in [1.54, 1.807) is 12.1 Å². The van der Waals surface area contributed by atoms with Crippen LogP contribution in [0.3, 0.4) is 0 Å². The molecule has 1 N–H and O–H groups in total. The van der Waals surface area contributed by atoms with E-state index in [4.69, 9.17) is 27.9 Å². The zero-order chi connectivity index (χ0) is 17.9. The van der Waals surface area contributed by atoms with Gasteiger partial charge in [-0.05, 0) is 37.5 Å². The second-order valence-electron chi connectivity index (χ2n) is 5.72. The third-order valence-corrected chi connectivity index (χ3v) is 6.03. The molecule has 0 radical (unpaired) electrons. The molecule has 2 atom stereocenters. The Hall–Kier alpha value is -1.31. The van der Waals surface area contributed by atoms with Gasteiger partial charge in [-0.1, -0.05) is 23.2 Å². The minimum absolute atomic E-state index is 0.0109. The standard InChI is InChI=1S/C15H17Cl2NO5S/c1-9(15(20)18-13-3-2-11(16)7-12(13)17)23-14(19)6-10-4-5-24(21,22)8-10/h2-3,7,9-10H,4-6,8H2,1H3,(H,18,20)/t9-,10-/m0/s1. The van der Waals surface area contributed by atoms with E-state index in [2.05, 4.69) is 5.32 Å². The monoisotopic (exact) mass is 393 g/mol. The highest BCUT2D eigenvalue weighted by Crippen LogP contribution is 2.26. The quantitative estimate of drug-likeness (QED) is 0.776. The van der Waals surface area contributed by atoms with E-state index in [1.165, 1.54) is 13.0 Å². The maximum atomic E-state index is 12.0. The Labute approximate surface area is 150 Å². The molecule has 0 saturated carbocycles.